The fraction of sp³-hybridized carbons (Fsp3) is 0.600. The summed E-state index contributed by atoms with van der Waals surface area (Å²) in [7, 11) is 2.10. The van der Waals surface area contributed by atoms with Crippen LogP contribution in [0.15, 0.2) is 18.5 Å². The van der Waals surface area contributed by atoms with E-state index in [9.17, 15) is 18.0 Å². The number of halogens is 3. The third kappa shape index (κ3) is 12.0. The van der Waals surface area contributed by atoms with Gasteiger partial charge in [0.2, 0.25) is 5.88 Å². The minimum Gasteiger partial charge on any atom is -0.476 e. The molecule has 0 saturated carbocycles. The van der Waals surface area contributed by atoms with Crippen LogP contribution in [0.3, 0.4) is 0 Å². The molecule has 200 valence electrons. The number of nitriles is 1. The normalized spacial score (nSPS) is 14.8. The van der Waals surface area contributed by atoms with E-state index in [1.165, 1.54) is 6.20 Å². The van der Waals surface area contributed by atoms with E-state index < -0.39 is 19.2 Å². The highest BCUT2D eigenvalue weighted by Gasteiger charge is 2.27. The number of fused-ring (bicyclic) bond motifs is 1. The first-order valence-electron chi connectivity index (χ1n) is 12.0. The number of aromatic nitrogens is 3. The summed E-state index contributed by atoms with van der Waals surface area (Å²) in [5.74, 6) is 1.18. The Labute approximate surface area is 210 Å². The summed E-state index contributed by atoms with van der Waals surface area (Å²) in [6, 6.07) is 2.30. The number of alkyl halides is 3. The zero-order valence-corrected chi connectivity index (χ0v) is 21.7. The molecule has 2 N–H and O–H groups in total. The fourth-order valence-corrected chi connectivity index (χ4v) is 3.06. The van der Waals surface area contributed by atoms with E-state index in [4.69, 9.17) is 10.00 Å². The standard InChI is InChI=1S/C14H15F3N4O2.C7H12N2.C4H10/c1-2-10(18-4-5-22)9-7-19-13-12(9)21-11(8-20-13)23-6-3-14(15,16)17;1-9-4-2-7(6-8)3-5-9;1-4(2)3/h2,5,7-8,18H,3-4,6H2,1H3,(H,19,20);7H,2-5H2,1H3;4H,1-3H3/b10-2+;;. The molecule has 36 heavy (non-hydrogen) atoms. The maximum atomic E-state index is 12.1. The third-order valence-corrected chi connectivity index (χ3v) is 4.85. The Morgan fingerprint density at radius 2 is 2.00 bits per heavy atom. The number of nitrogens with one attached hydrogen (secondary N) is 2. The van der Waals surface area contributed by atoms with E-state index in [0.29, 0.717) is 28.3 Å². The van der Waals surface area contributed by atoms with Gasteiger partial charge in [0.1, 0.15) is 11.8 Å². The van der Waals surface area contributed by atoms with Crippen LogP contribution in [0.1, 0.15) is 52.5 Å². The number of ether oxygens (including phenoxy) is 1. The van der Waals surface area contributed by atoms with Crippen molar-refractivity contribution in [1.29, 1.82) is 5.26 Å². The Bertz CT molecular complexity index is 987. The van der Waals surface area contributed by atoms with Crippen LogP contribution >= 0.6 is 0 Å². The number of piperidine rings is 1. The molecule has 0 spiro atoms. The topological polar surface area (TPSA) is 107 Å². The van der Waals surface area contributed by atoms with Crippen LogP contribution < -0.4 is 10.1 Å². The maximum Gasteiger partial charge on any atom is 0.392 e. The molecule has 8 nitrogen and oxygen atoms in total. The van der Waals surface area contributed by atoms with Crippen molar-refractivity contribution in [2.45, 2.75) is 53.1 Å². The predicted octanol–water partition coefficient (Wildman–Crippen LogP) is 4.95. The highest BCUT2D eigenvalue weighted by atomic mass is 19.4. The number of allylic oxidation sites excluding steroid dienone is 1. The molecule has 1 fully saturated rings. The first kappa shape index (κ1) is 30.9. The molecule has 0 unspecified atom stereocenters. The maximum absolute atomic E-state index is 12.1. The molecule has 3 rings (SSSR count). The summed E-state index contributed by atoms with van der Waals surface area (Å²) >= 11 is 0. The molecule has 1 saturated heterocycles. The van der Waals surface area contributed by atoms with Crippen molar-refractivity contribution in [3.63, 3.8) is 0 Å². The second-order valence-corrected chi connectivity index (χ2v) is 9.01. The molecule has 0 bridgehead atoms. The predicted molar refractivity (Wildman–Crippen MR) is 134 cm³/mol. The van der Waals surface area contributed by atoms with E-state index in [1.807, 2.05) is 0 Å². The van der Waals surface area contributed by atoms with Crippen LogP contribution in [0, 0.1) is 23.2 Å². The van der Waals surface area contributed by atoms with Crippen LogP contribution in [0.25, 0.3) is 16.9 Å². The molecule has 1 aliphatic rings. The van der Waals surface area contributed by atoms with Crippen molar-refractivity contribution < 1.29 is 22.7 Å². The number of likely N-dealkylation sites (tertiary alicyclic amines) is 1. The Morgan fingerprint density at radius 3 is 2.53 bits per heavy atom. The lowest BCUT2D eigenvalue weighted by atomic mass is 9.99. The van der Waals surface area contributed by atoms with Crippen molar-refractivity contribution in [2.24, 2.45) is 11.8 Å². The number of nitrogens with zero attached hydrogens (tertiary/aromatic N) is 4. The molecule has 0 radical (unpaired) electrons. The Hall–Kier alpha value is -3.13. The second kappa shape index (κ2) is 15.8. The number of carbonyl (C=O) groups excluding carboxylic acids is 1. The SMILES string of the molecule is C/C=C(/NCC=O)c1c[nH]c2ncc(OCCC(F)(F)F)nc12.CC(C)C.CN1CCC(C#N)CC1. The second-order valence-electron chi connectivity index (χ2n) is 9.01. The minimum atomic E-state index is -4.28. The van der Waals surface area contributed by atoms with Gasteiger partial charge in [0, 0.05) is 23.4 Å². The van der Waals surface area contributed by atoms with Gasteiger partial charge in [0.25, 0.3) is 0 Å². The first-order chi connectivity index (χ1) is 17.0. The number of carbonyl (C=O) groups is 1. The number of hydrogen-bond donors (Lipinski definition) is 2. The van der Waals surface area contributed by atoms with Gasteiger partial charge in [-0.15, -0.1) is 0 Å². The van der Waals surface area contributed by atoms with Gasteiger partial charge in [-0.3, -0.25) is 0 Å². The summed E-state index contributed by atoms with van der Waals surface area (Å²) in [5, 5.41) is 11.4. The number of H-pyrrole nitrogens is 1. The Morgan fingerprint density at radius 1 is 1.36 bits per heavy atom. The van der Waals surface area contributed by atoms with Crippen LogP contribution in [0.4, 0.5) is 13.2 Å². The highest BCUT2D eigenvalue weighted by molar-refractivity contribution is 5.87. The molecular weight excluding hydrogens is 473 g/mol. The molecule has 2 aromatic heterocycles. The Kier molecular flexibility index (Phi) is 13.5. The first-order valence-corrected chi connectivity index (χ1v) is 12.0. The van der Waals surface area contributed by atoms with Crippen molar-refractivity contribution in [3.8, 4) is 11.9 Å². The quantitative estimate of drug-likeness (QED) is 0.508. The molecule has 0 aromatic carbocycles. The van der Waals surface area contributed by atoms with Gasteiger partial charge in [-0.05, 0) is 45.8 Å². The van der Waals surface area contributed by atoms with Gasteiger partial charge < -0.3 is 24.7 Å². The van der Waals surface area contributed by atoms with Gasteiger partial charge in [0.15, 0.2) is 5.65 Å². The molecule has 0 aliphatic carbocycles. The van der Waals surface area contributed by atoms with Crippen LogP contribution in [0.2, 0.25) is 0 Å². The van der Waals surface area contributed by atoms with Gasteiger partial charge in [-0.25, -0.2) is 9.97 Å². The number of aldehydes is 1. The molecule has 0 atom stereocenters. The lowest BCUT2D eigenvalue weighted by Gasteiger charge is -2.24. The average Bonchev–Trinajstić information content (AvgIpc) is 3.23. The van der Waals surface area contributed by atoms with Crippen molar-refractivity contribution in [3.05, 3.63) is 24.0 Å². The minimum absolute atomic E-state index is 0.00782. The lowest BCUT2D eigenvalue weighted by Crippen LogP contribution is -2.29. The van der Waals surface area contributed by atoms with Gasteiger partial charge in [0.05, 0.1) is 31.8 Å². The van der Waals surface area contributed by atoms with Gasteiger partial charge in [-0.2, -0.15) is 18.4 Å². The van der Waals surface area contributed by atoms with Crippen molar-refractivity contribution in [1.82, 2.24) is 25.2 Å². The zero-order chi connectivity index (χ0) is 27.1. The number of rotatable bonds is 7. The molecule has 11 heteroatoms. The van der Waals surface area contributed by atoms with Crippen LogP contribution in [0.5, 0.6) is 5.88 Å². The molecule has 2 aromatic rings. The van der Waals surface area contributed by atoms with Gasteiger partial charge in [-0.1, -0.05) is 26.8 Å². The summed E-state index contributed by atoms with van der Waals surface area (Å²) in [6.45, 7) is 10.1. The lowest BCUT2D eigenvalue weighted by molar-refractivity contribution is -0.139. The van der Waals surface area contributed by atoms with Gasteiger partial charge >= 0.3 is 6.18 Å². The fourth-order valence-electron chi connectivity index (χ4n) is 3.06. The molecule has 3 heterocycles. The van der Waals surface area contributed by atoms with E-state index >= 15 is 0 Å². The summed E-state index contributed by atoms with van der Waals surface area (Å²) in [4.78, 5) is 23.9. The van der Waals surface area contributed by atoms with E-state index in [0.717, 1.165) is 38.1 Å². The third-order valence-electron chi connectivity index (χ3n) is 4.85. The largest absolute Gasteiger partial charge is 0.476 e. The molecular formula is C25H37F3N6O2. The van der Waals surface area contributed by atoms with Crippen molar-refractivity contribution >= 4 is 23.1 Å². The number of aromatic amines is 1. The van der Waals surface area contributed by atoms with E-state index in [2.05, 4.69) is 59.1 Å². The smallest absolute Gasteiger partial charge is 0.392 e. The van der Waals surface area contributed by atoms with Crippen LogP contribution in [-0.2, 0) is 4.79 Å². The molecule has 0 amide bonds. The van der Waals surface area contributed by atoms with Crippen molar-refractivity contribution in [2.75, 3.05) is 33.3 Å². The van der Waals surface area contributed by atoms with E-state index in [1.54, 1.807) is 19.2 Å². The number of hydrogen-bond acceptors (Lipinski definition) is 7. The highest BCUT2D eigenvalue weighted by Crippen LogP contribution is 2.24. The van der Waals surface area contributed by atoms with Crippen LogP contribution in [-0.4, -0.2) is 65.6 Å². The monoisotopic (exact) mass is 510 g/mol. The summed E-state index contributed by atoms with van der Waals surface area (Å²) < 4.78 is 41.4. The summed E-state index contributed by atoms with van der Waals surface area (Å²) in [5.41, 5.74) is 2.22. The molecule has 1 aliphatic heterocycles. The zero-order valence-electron chi connectivity index (χ0n) is 21.7. The Balaban J connectivity index is 0.000000409. The average molecular weight is 511 g/mol. The van der Waals surface area contributed by atoms with E-state index in [-0.39, 0.29) is 12.4 Å². The summed E-state index contributed by atoms with van der Waals surface area (Å²) in [6.07, 6.45) is 2.16.